The van der Waals surface area contributed by atoms with Gasteiger partial charge in [-0.2, -0.15) is 0 Å². The van der Waals surface area contributed by atoms with E-state index in [1.165, 1.54) is 54.5 Å². The molecule has 3 aliphatic heterocycles. The summed E-state index contributed by atoms with van der Waals surface area (Å²) in [5.74, 6) is 2.42. The maximum absolute atomic E-state index is 12.4. The van der Waals surface area contributed by atoms with Gasteiger partial charge in [0, 0.05) is 52.7 Å². The van der Waals surface area contributed by atoms with E-state index in [2.05, 4.69) is 34.3 Å². The van der Waals surface area contributed by atoms with Crippen molar-refractivity contribution in [2.24, 2.45) is 17.3 Å². The van der Waals surface area contributed by atoms with Gasteiger partial charge in [0.15, 0.2) is 0 Å². The number of hydrogen-bond donors (Lipinski definition) is 2. The highest BCUT2D eigenvalue weighted by molar-refractivity contribution is 5.97. The van der Waals surface area contributed by atoms with Gasteiger partial charge in [-0.1, -0.05) is 34.1 Å². The second kappa shape index (κ2) is 6.35. The quantitative estimate of drug-likeness (QED) is 0.779. The molecule has 2 aromatic rings. The number of fused-ring (bicyclic) bond motifs is 4. The highest BCUT2D eigenvalue weighted by Gasteiger charge is 2.48. The topological polar surface area (TPSA) is 48.1 Å². The standard InChI is InChI=1S/C24H33N3O/c1-5-15-10-14-11-19-21-17(8-9-27(13-14)22(15)19)18-12-16(6-7-20(18)26-21)25-23(28)24(2,3)4/h6-7,12,14-15,19,22,26H,5,8-11,13H2,1-4H3,(H,25,28). The van der Waals surface area contributed by atoms with Crippen molar-refractivity contribution in [3.8, 4) is 0 Å². The third-order valence-corrected chi connectivity index (χ3v) is 7.46. The third kappa shape index (κ3) is 2.80. The van der Waals surface area contributed by atoms with Crippen LogP contribution in [0, 0.1) is 17.3 Å². The number of carbonyl (C=O) groups is 1. The molecule has 5 atom stereocenters. The first-order chi connectivity index (χ1) is 13.3. The molecule has 28 heavy (non-hydrogen) atoms. The van der Waals surface area contributed by atoms with Crippen LogP contribution in [0.4, 0.5) is 5.69 Å². The Morgan fingerprint density at radius 2 is 2.11 bits per heavy atom. The second-order valence-corrected chi connectivity index (χ2v) is 10.3. The van der Waals surface area contributed by atoms with Gasteiger partial charge < -0.3 is 10.3 Å². The molecule has 4 heterocycles. The summed E-state index contributed by atoms with van der Waals surface area (Å²) in [6.07, 6.45) is 5.17. The van der Waals surface area contributed by atoms with Gasteiger partial charge in [0.1, 0.15) is 0 Å². The highest BCUT2D eigenvalue weighted by atomic mass is 16.2. The minimum absolute atomic E-state index is 0.0681. The molecule has 6 rings (SSSR count). The Morgan fingerprint density at radius 3 is 2.86 bits per heavy atom. The van der Waals surface area contributed by atoms with E-state index >= 15 is 0 Å². The normalized spacial score (nSPS) is 31.5. The van der Waals surface area contributed by atoms with Crippen molar-refractivity contribution < 1.29 is 4.79 Å². The van der Waals surface area contributed by atoms with E-state index in [0.29, 0.717) is 12.0 Å². The van der Waals surface area contributed by atoms with Crippen molar-refractivity contribution in [2.75, 3.05) is 18.4 Å². The lowest BCUT2D eigenvalue weighted by molar-refractivity contribution is -0.123. The number of piperidine rings is 2. The molecule has 1 amide bonds. The van der Waals surface area contributed by atoms with Gasteiger partial charge in [0.25, 0.3) is 0 Å². The van der Waals surface area contributed by atoms with Gasteiger partial charge in [-0.15, -0.1) is 0 Å². The number of carbonyl (C=O) groups excluding carboxylic acids is 1. The number of aromatic amines is 1. The van der Waals surface area contributed by atoms with Gasteiger partial charge in [0.05, 0.1) is 0 Å². The number of aromatic nitrogens is 1. The highest BCUT2D eigenvalue weighted by Crippen LogP contribution is 2.51. The van der Waals surface area contributed by atoms with Crippen LogP contribution < -0.4 is 5.32 Å². The number of nitrogens with zero attached hydrogens (tertiary/aromatic N) is 1. The van der Waals surface area contributed by atoms with E-state index in [-0.39, 0.29) is 11.3 Å². The molecule has 4 nitrogen and oxygen atoms in total. The summed E-state index contributed by atoms with van der Waals surface area (Å²) in [5.41, 5.74) is 4.74. The molecular weight excluding hydrogens is 346 g/mol. The Bertz CT molecular complexity index is 922. The van der Waals surface area contributed by atoms with Crippen molar-refractivity contribution in [3.63, 3.8) is 0 Å². The molecule has 1 aliphatic carbocycles. The van der Waals surface area contributed by atoms with Gasteiger partial charge in [-0.05, 0) is 54.9 Å². The van der Waals surface area contributed by atoms with Gasteiger partial charge in [-0.25, -0.2) is 0 Å². The lowest BCUT2D eigenvalue weighted by atomic mass is 9.65. The summed E-state index contributed by atoms with van der Waals surface area (Å²) in [7, 11) is 0. The Labute approximate surface area is 168 Å². The summed E-state index contributed by atoms with van der Waals surface area (Å²) in [6, 6.07) is 7.09. The number of nitrogens with one attached hydrogen (secondary N) is 2. The number of H-pyrrole nitrogens is 1. The van der Waals surface area contributed by atoms with Crippen LogP contribution in [0.5, 0.6) is 0 Å². The fraction of sp³-hybridized carbons (Fsp3) is 0.625. The molecule has 4 bridgehead atoms. The lowest BCUT2D eigenvalue weighted by Crippen LogP contribution is -2.56. The van der Waals surface area contributed by atoms with Crippen molar-refractivity contribution in [2.45, 2.75) is 65.3 Å². The molecular formula is C24H33N3O. The Hall–Kier alpha value is -1.81. The fourth-order valence-corrected chi connectivity index (χ4v) is 6.09. The Balaban J connectivity index is 1.54. The van der Waals surface area contributed by atoms with Crippen LogP contribution in [-0.4, -0.2) is 34.9 Å². The van der Waals surface area contributed by atoms with Crippen molar-refractivity contribution in [3.05, 3.63) is 29.5 Å². The van der Waals surface area contributed by atoms with Crippen molar-refractivity contribution in [1.82, 2.24) is 9.88 Å². The first kappa shape index (κ1) is 18.2. The smallest absolute Gasteiger partial charge is 0.229 e. The van der Waals surface area contributed by atoms with E-state index < -0.39 is 0 Å². The molecule has 4 heteroatoms. The minimum atomic E-state index is -0.386. The van der Waals surface area contributed by atoms with Crippen molar-refractivity contribution >= 4 is 22.5 Å². The van der Waals surface area contributed by atoms with Gasteiger partial charge >= 0.3 is 0 Å². The summed E-state index contributed by atoms with van der Waals surface area (Å²) < 4.78 is 0. The number of rotatable bonds is 2. The predicted molar refractivity (Wildman–Crippen MR) is 115 cm³/mol. The third-order valence-electron chi connectivity index (χ3n) is 7.46. The molecule has 1 aromatic carbocycles. The summed E-state index contributed by atoms with van der Waals surface area (Å²) >= 11 is 0. The summed E-state index contributed by atoms with van der Waals surface area (Å²) in [4.78, 5) is 19.0. The fourth-order valence-electron chi connectivity index (χ4n) is 6.09. The van der Waals surface area contributed by atoms with Crippen LogP contribution in [0.1, 0.15) is 64.1 Å². The van der Waals surface area contributed by atoms with E-state index in [0.717, 1.165) is 23.9 Å². The number of amides is 1. The average Bonchev–Trinajstić information content (AvgIpc) is 2.98. The molecule has 1 aromatic heterocycles. The number of hydrogen-bond acceptors (Lipinski definition) is 2. The maximum atomic E-state index is 12.4. The van der Waals surface area contributed by atoms with Crippen molar-refractivity contribution in [1.29, 1.82) is 0 Å². The maximum Gasteiger partial charge on any atom is 0.229 e. The first-order valence-corrected chi connectivity index (χ1v) is 11.0. The zero-order valence-electron chi connectivity index (χ0n) is 17.6. The SMILES string of the molecule is CCC1CC2CC3c4[nH]c5ccc(NC(=O)C(C)(C)C)cc5c4CCN(C2)C13. The van der Waals surface area contributed by atoms with E-state index in [1.54, 1.807) is 0 Å². The molecule has 5 unspecified atom stereocenters. The van der Waals surface area contributed by atoms with Crippen LogP contribution in [0.2, 0.25) is 0 Å². The molecule has 0 spiro atoms. The van der Waals surface area contributed by atoms with Crippen LogP contribution >= 0.6 is 0 Å². The Morgan fingerprint density at radius 1 is 1.29 bits per heavy atom. The molecule has 4 aliphatic rings. The van der Waals surface area contributed by atoms with Crippen LogP contribution in [0.15, 0.2) is 18.2 Å². The zero-order valence-corrected chi connectivity index (χ0v) is 17.6. The molecule has 2 N–H and O–H groups in total. The van der Waals surface area contributed by atoms with Crippen LogP contribution in [0.3, 0.4) is 0 Å². The first-order valence-electron chi connectivity index (χ1n) is 11.0. The largest absolute Gasteiger partial charge is 0.358 e. The summed E-state index contributed by atoms with van der Waals surface area (Å²) in [5, 5.41) is 4.42. The summed E-state index contributed by atoms with van der Waals surface area (Å²) in [6.45, 7) is 10.7. The molecule has 1 saturated carbocycles. The van der Waals surface area contributed by atoms with E-state index in [9.17, 15) is 4.79 Å². The molecule has 150 valence electrons. The van der Waals surface area contributed by atoms with Crippen LogP contribution in [-0.2, 0) is 11.2 Å². The molecule has 0 radical (unpaired) electrons. The monoisotopic (exact) mass is 379 g/mol. The van der Waals surface area contributed by atoms with Crippen LogP contribution in [0.25, 0.3) is 10.9 Å². The second-order valence-electron chi connectivity index (χ2n) is 10.3. The average molecular weight is 380 g/mol. The zero-order chi connectivity index (χ0) is 19.6. The van der Waals surface area contributed by atoms with E-state index in [4.69, 9.17) is 0 Å². The molecule has 2 saturated heterocycles. The predicted octanol–water partition coefficient (Wildman–Crippen LogP) is 4.91. The van der Waals surface area contributed by atoms with E-state index in [1.807, 2.05) is 26.8 Å². The minimum Gasteiger partial charge on any atom is -0.358 e. The number of benzene rings is 1. The number of anilines is 1. The van der Waals surface area contributed by atoms with Gasteiger partial charge in [-0.3, -0.25) is 9.69 Å². The Kier molecular flexibility index (Phi) is 4.13. The van der Waals surface area contributed by atoms with Gasteiger partial charge in [0.2, 0.25) is 5.91 Å². The lowest BCUT2D eigenvalue weighted by Gasteiger charge is -2.53. The molecule has 3 fully saturated rings.